The Labute approximate surface area is 125 Å². The monoisotopic (exact) mass is 279 g/mol. The van der Waals surface area contributed by atoms with Crippen molar-refractivity contribution in [2.75, 3.05) is 11.9 Å². The van der Waals surface area contributed by atoms with Gasteiger partial charge in [-0.2, -0.15) is 0 Å². The van der Waals surface area contributed by atoms with E-state index in [9.17, 15) is 0 Å². The molecule has 3 heteroatoms. The summed E-state index contributed by atoms with van der Waals surface area (Å²) in [5.41, 5.74) is 11.1. The Morgan fingerprint density at radius 3 is 2.90 bits per heavy atom. The van der Waals surface area contributed by atoms with Crippen molar-refractivity contribution < 1.29 is 0 Å². The summed E-state index contributed by atoms with van der Waals surface area (Å²) in [5.74, 6) is 1.01. The van der Waals surface area contributed by atoms with E-state index in [2.05, 4.69) is 53.6 Å². The van der Waals surface area contributed by atoms with Crippen LogP contribution >= 0.6 is 0 Å². The highest BCUT2D eigenvalue weighted by Gasteiger charge is 2.24. The van der Waals surface area contributed by atoms with Crippen LogP contribution in [0.2, 0.25) is 0 Å². The van der Waals surface area contributed by atoms with Crippen LogP contribution in [-0.4, -0.2) is 12.5 Å². The second kappa shape index (κ2) is 6.00. The fraction of sp³-hybridized carbons (Fsp3) is 0.278. The predicted molar refractivity (Wildman–Crippen MR) is 88.8 cm³/mol. The lowest BCUT2D eigenvalue weighted by Crippen LogP contribution is -2.26. The minimum absolute atomic E-state index is 0.493. The molecule has 108 valence electrons. The number of hydrogen-bond donors (Lipinski definition) is 2. The van der Waals surface area contributed by atoms with Gasteiger partial charge in [0.25, 0.3) is 0 Å². The summed E-state index contributed by atoms with van der Waals surface area (Å²) in [6.07, 6.45) is 2.13. The molecular weight excluding hydrogens is 258 g/mol. The Morgan fingerprint density at radius 1 is 1.24 bits per heavy atom. The Bertz CT molecular complexity index is 661. The van der Waals surface area contributed by atoms with Crippen molar-refractivity contribution in [1.29, 1.82) is 0 Å². The third kappa shape index (κ3) is 3.07. The van der Waals surface area contributed by atoms with E-state index >= 15 is 0 Å². The van der Waals surface area contributed by atoms with E-state index in [1.165, 1.54) is 16.7 Å². The largest absolute Gasteiger partial charge is 0.370 e. The van der Waals surface area contributed by atoms with Crippen LogP contribution in [0.3, 0.4) is 0 Å². The van der Waals surface area contributed by atoms with Gasteiger partial charge in [0.05, 0.1) is 0 Å². The van der Waals surface area contributed by atoms with Gasteiger partial charge in [0.15, 0.2) is 5.96 Å². The van der Waals surface area contributed by atoms with Gasteiger partial charge in [0, 0.05) is 18.2 Å². The first-order valence-corrected chi connectivity index (χ1v) is 7.50. The second-order valence-electron chi connectivity index (χ2n) is 5.50. The molecule has 0 bridgehead atoms. The third-order valence-corrected chi connectivity index (χ3v) is 4.05. The highest BCUT2D eigenvalue weighted by Crippen LogP contribution is 2.34. The topological polar surface area (TPSA) is 50.4 Å². The molecule has 1 unspecified atom stereocenters. The van der Waals surface area contributed by atoms with Crippen molar-refractivity contribution in [3.8, 4) is 0 Å². The van der Waals surface area contributed by atoms with Crippen molar-refractivity contribution >= 4 is 11.6 Å². The number of fused-ring (bicyclic) bond motifs is 1. The molecule has 0 saturated carbocycles. The van der Waals surface area contributed by atoms with Gasteiger partial charge in [-0.25, -0.2) is 0 Å². The van der Waals surface area contributed by atoms with Gasteiger partial charge in [-0.1, -0.05) is 43.3 Å². The molecule has 3 rings (SSSR count). The number of nitrogens with one attached hydrogen (secondary N) is 1. The fourth-order valence-electron chi connectivity index (χ4n) is 2.79. The van der Waals surface area contributed by atoms with Crippen LogP contribution in [0.25, 0.3) is 0 Å². The van der Waals surface area contributed by atoms with Crippen molar-refractivity contribution in [3.05, 3.63) is 65.2 Å². The number of anilines is 1. The molecular formula is C18H21N3. The van der Waals surface area contributed by atoms with Crippen LogP contribution in [-0.2, 0) is 12.8 Å². The molecule has 2 aromatic carbocycles. The van der Waals surface area contributed by atoms with E-state index in [-0.39, 0.29) is 0 Å². The van der Waals surface area contributed by atoms with Gasteiger partial charge in [-0.3, -0.25) is 4.99 Å². The van der Waals surface area contributed by atoms with Gasteiger partial charge in [-0.15, -0.1) is 0 Å². The smallest absolute Gasteiger partial charge is 0.193 e. The maximum Gasteiger partial charge on any atom is 0.193 e. The molecule has 3 nitrogen and oxygen atoms in total. The molecule has 0 radical (unpaired) electrons. The Kier molecular flexibility index (Phi) is 3.91. The lowest BCUT2D eigenvalue weighted by molar-refractivity contribution is 0.619. The van der Waals surface area contributed by atoms with Crippen LogP contribution in [0, 0.1) is 0 Å². The highest BCUT2D eigenvalue weighted by atomic mass is 15.1. The standard InChI is InChI=1S/C18H21N3/c1-2-13-6-5-8-16(10-13)21-18(19)20-12-15-11-14-7-3-4-9-17(14)15/h3-10,15H,2,11-12H2,1H3,(H3,19,20,21). The average molecular weight is 279 g/mol. The summed E-state index contributed by atoms with van der Waals surface area (Å²) in [4.78, 5) is 4.48. The number of benzene rings is 2. The van der Waals surface area contributed by atoms with E-state index in [0.717, 1.165) is 25.1 Å². The summed E-state index contributed by atoms with van der Waals surface area (Å²) >= 11 is 0. The van der Waals surface area contributed by atoms with Crippen molar-refractivity contribution in [2.45, 2.75) is 25.7 Å². The summed E-state index contributed by atoms with van der Waals surface area (Å²) in [6.45, 7) is 2.90. The zero-order valence-electron chi connectivity index (χ0n) is 12.3. The van der Waals surface area contributed by atoms with E-state index in [0.29, 0.717) is 11.9 Å². The van der Waals surface area contributed by atoms with E-state index < -0.39 is 0 Å². The van der Waals surface area contributed by atoms with Crippen LogP contribution in [0.15, 0.2) is 53.5 Å². The number of rotatable bonds is 4. The molecule has 0 aliphatic heterocycles. The van der Waals surface area contributed by atoms with Gasteiger partial charge < -0.3 is 11.1 Å². The minimum Gasteiger partial charge on any atom is -0.370 e. The minimum atomic E-state index is 0.493. The molecule has 1 atom stereocenters. The molecule has 21 heavy (non-hydrogen) atoms. The average Bonchev–Trinajstić information content (AvgIpc) is 2.48. The maximum absolute atomic E-state index is 5.98. The molecule has 2 aromatic rings. The molecule has 0 amide bonds. The zero-order chi connectivity index (χ0) is 14.7. The normalized spacial score (nSPS) is 17.0. The van der Waals surface area contributed by atoms with Gasteiger partial charge >= 0.3 is 0 Å². The zero-order valence-corrected chi connectivity index (χ0v) is 12.3. The van der Waals surface area contributed by atoms with Crippen LogP contribution < -0.4 is 11.1 Å². The lowest BCUT2D eigenvalue weighted by Gasteiger charge is -2.28. The lowest BCUT2D eigenvalue weighted by atomic mass is 9.78. The second-order valence-corrected chi connectivity index (χ2v) is 5.50. The predicted octanol–water partition coefficient (Wildman–Crippen LogP) is 3.32. The first kappa shape index (κ1) is 13.7. The molecule has 0 heterocycles. The van der Waals surface area contributed by atoms with E-state index in [4.69, 9.17) is 5.73 Å². The van der Waals surface area contributed by atoms with Crippen LogP contribution in [0.1, 0.15) is 29.5 Å². The van der Waals surface area contributed by atoms with E-state index in [1.807, 2.05) is 12.1 Å². The fourth-order valence-corrected chi connectivity index (χ4v) is 2.79. The number of aryl methyl sites for hydroxylation is 1. The highest BCUT2D eigenvalue weighted by molar-refractivity contribution is 5.92. The van der Waals surface area contributed by atoms with E-state index in [1.54, 1.807) is 0 Å². The first-order chi connectivity index (χ1) is 10.3. The number of nitrogens with zero attached hydrogens (tertiary/aromatic N) is 1. The summed E-state index contributed by atoms with van der Waals surface area (Å²) in [5, 5.41) is 3.17. The number of nitrogens with two attached hydrogens (primary N) is 1. The Hall–Kier alpha value is -2.29. The quantitative estimate of drug-likeness (QED) is 0.666. The molecule has 1 aliphatic carbocycles. The molecule has 3 N–H and O–H groups in total. The SMILES string of the molecule is CCc1cccc(NC(N)=NCC2Cc3ccccc32)c1. The number of aliphatic imine (C=N–C) groups is 1. The third-order valence-electron chi connectivity index (χ3n) is 4.05. The van der Waals surface area contributed by atoms with Crippen LogP contribution in [0.5, 0.6) is 0 Å². The molecule has 0 aromatic heterocycles. The molecule has 0 saturated heterocycles. The molecule has 0 spiro atoms. The Morgan fingerprint density at radius 2 is 2.10 bits per heavy atom. The van der Waals surface area contributed by atoms with Crippen molar-refractivity contribution in [2.24, 2.45) is 10.7 Å². The summed E-state index contributed by atoms with van der Waals surface area (Å²) < 4.78 is 0. The number of hydrogen-bond acceptors (Lipinski definition) is 1. The summed E-state index contributed by atoms with van der Waals surface area (Å²) in [6, 6.07) is 16.8. The molecule has 0 fully saturated rings. The van der Waals surface area contributed by atoms with Gasteiger partial charge in [0.2, 0.25) is 0 Å². The Balaban J connectivity index is 1.60. The molecule has 1 aliphatic rings. The van der Waals surface area contributed by atoms with Crippen LogP contribution in [0.4, 0.5) is 5.69 Å². The van der Waals surface area contributed by atoms with Crippen molar-refractivity contribution in [1.82, 2.24) is 0 Å². The summed E-state index contributed by atoms with van der Waals surface area (Å²) in [7, 11) is 0. The van der Waals surface area contributed by atoms with Crippen molar-refractivity contribution in [3.63, 3.8) is 0 Å². The number of guanidine groups is 1. The first-order valence-electron chi connectivity index (χ1n) is 7.50. The van der Waals surface area contributed by atoms with Gasteiger partial charge in [0.1, 0.15) is 0 Å². The maximum atomic E-state index is 5.98. The van der Waals surface area contributed by atoms with Gasteiger partial charge in [-0.05, 0) is 41.7 Å².